The fourth-order valence-electron chi connectivity index (χ4n) is 1.74. The van der Waals surface area contributed by atoms with Crippen LogP contribution in [-0.4, -0.2) is 23.4 Å². The fourth-order valence-corrected chi connectivity index (χ4v) is 1.74. The molecule has 1 aromatic heterocycles. The summed E-state index contributed by atoms with van der Waals surface area (Å²) in [6.45, 7) is 2.62. The van der Waals surface area contributed by atoms with Gasteiger partial charge in [0.1, 0.15) is 5.82 Å². The van der Waals surface area contributed by atoms with Crippen LogP contribution in [0.15, 0.2) is 12.3 Å². The highest BCUT2D eigenvalue weighted by Gasteiger charge is 2.21. The van der Waals surface area contributed by atoms with Crippen LogP contribution in [0.1, 0.15) is 35.2 Å². The van der Waals surface area contributed by atoms with Crippen molar-refractivity contribution in [3.05, 3.63) is 23.4 Å². The first-order chi connectivity index (χ1) is 7.68. The van der Waals surface area contributed by atoms with Crippen molar-refractivity contribution in [2.24, 2.45) is 0 Å². The van der Waals surface area contributed by atoms with Gasteiger partial charge in [-0.2, -0.15) is 0 Å². The number of nitrogens with zero attached hydrogens (tertiary/aromatic N) is 1. The normalized spacial score (nSPS) is 15.1. The molecule has 0 saturated heterocycles. The van der Waals surface area contributed by atoms with Gasteiger partial charge in [-0.25, -0.2) is 4.98 Å². The van der Waals surface area contributed by atoms with E-state index in [1.165, 1.54) is 12.8 Å². The molecule has 0 amide bonds. The molecule has 1 saturated carbocycles. The molecule has 1 fully saturated rings. The molecule has 0 aliphatic heterocycles. The summed E-state index contributed by atoms with van der Waals surface area (Å²) in [6, 6.07) is 2.46. The lowest BCUT2D eigenvalue weighted by molar-refractivity contribution is 0.0982. The maximum Gasteiger partial charge on any atom is 0.168 e. The Morgan fingerprint density at radius 3 is 3.00 bits per heavy atom. The number of hydrogen-bond donors (Lipinski definition) is 2. The molecule has 0 atom stereocenters. The number of hydrogen-bond acceptors (Lipinski definition) is 4. The summed E-state index contributed by atoms with van der Waals surface area (Å²) in [4.78, 5) is 15.9. The number of aromatic nitrogens is 1. The molecule has 1 aliphatic carbocycles. The zero-order valence-corrected chi connectivity index (χ0v) is 9.49. The van der Waals surface area contributed by atoms with Gasteiger partial charge in [0.25, 0.3) is 0 Å². The molecule has 4 nitrogen and oxygen atoms in total. The van der Waals surface area contributed by atoms with Crippen LogP contribution in [0.25, 0.3) is 0 Å². The minimum absolute atomic E-state index is 0.0799. The highest BCUT2D eigenvalue weighted by atomic mass is 16.1. The molecule has 86 valence electrons. The number of nitrogens with two attached hydrogens (primary N) is 1. The summed E-state index contributed by atoms with van der Waals surface area (Å²) in [5.41, 5.74) is 7.20. The third-order valence-electron chi connectivity index (χ3n) is 2.83. The van der Waals surface area contributed by atoms with Gasteiger partial charge in [-0.15, -0.1) is 0 Å². The van der Waals surface area contributed by atoms with Crippen molar-refractivity contribution in [2.75, 3.05) is 12.3 Å². The fraction of sp³-hybridized carbons (Fsp3) is 0.500. The minimum Gasteiger partial charge on any atom is -0.383 e. The highest BCUT2D eigenvalue weighted by molar-refractivity contribution is 6.01. The van der Waals surface area contributed by atoms with Gasteiger partial charge in [-0.05, 0) is 31.4 Å². The van der Waals surface area contributed by atoms with Crippen molar-refractivity contribution in [1.82, 2.24) is 10.3 Å². The first-order valence-corrected chi connectivity index (χ1v) is 5.66. The van der Waals surface area contributed by atoms with Crippen LogP contribution >= 0.6 is 0 Å². The van der Waals surface area contributed by atoms with Gasteiger partial charge in [0.2, 0.25) is 0 Å². The van der Waals surface area contributed by atoms with Crippen LogP contribution in [-0.2, 0) is 0 Å². The Balaban J connectivity index is 1.96. The van der Waals surface area contributed by atoms with Crippen LogP contribution in [0, 0.1) is 6.92 Å². The number of aryl methyl sites for hydroxylation is 1. The van der Waals surface area contributed by atoms with E-state index in [2.05, 4.69) is 10.3 Å². The van der Waals surface area contributed by atoms with Gasteiger partial charge in [-0.1, -0.05) is 0 Å². The molecule has 0 radical (unpaired) electrons. The van der Waals surface area contributed by atoms with E-state index in [0.717, 1.165) is 12.1 Å². The van der Waals surface area contributed by atoms with Crippen LogP contribution < -0.4 is 11.1 Å². The molecule has 1 heterocycles. The van der Waals surface area contributed by atoms with Crippen molar-refractivity contribution < 1.29 is 4.79 Å². The Bertz CT molecular complexity index is 379. The Kier molecular flexibility index (Phi) is 3.19. The smallest absolute Gasteiger partial charge is 0.168 e. The summed E-state index contributed by atoms with van der Waals surface area (Å²) >= 11 is 0. The molecule has 1 aliphatic rings. The van der Waals surface area contributed by atoms with E-state index in [0.29, 0.717) is 23.8 Å². The molecule has 0 bridgehead atoms. The molecule has 0 spiro atoms. The Morgan fingerprint density at radius 1 is 1.62 bits per heavy atom. The number of carbonyl (C=O) groups is 1. The van der Waals surface area contributed by atoms with Gasteiger partial charge >= 0.3 is 0 Å². The second kappa shape index (κ2) is 4.61. The van der Waals surface area contributed by atoms with Crippen molar-refractivity contribution in [2.45, 2.75) is 32.2 Å². The first kappa shape index (κ1) is 11.1. The number of nitrogens with one attached hydrogen (secondary N) is 1. The molecular formula is C12H17N3O. The summed E-state index contributed by atoms with van der Waals surface area (Å²) in [5.74, 6) is 0.424. The molecule has 1 aromatic rings. The molecule has 0 unspecified atom stereocenters. The number of carbonyl (C=O) groups excluding carboxylic acids is 1. The first-order valence-electron chi connectivity index (χ1n) is 5.66. The Morgan fingerprint density at radius 2 is 2.38 bits per heavy atom. The number of anilines is 1. The maximum absolute atomic E-state index is 11.9. The van der Waals surface area contributed by atoms with Gasteiger partial charge in [-0.3, -0.25) is 4.79 Å². The van der Waals surface area contributed by atoms with Gasteiger partial charge in [0, 0.05) is 25.2 Å². The van der Waals surface area contributed by atoms with Crippen LogP contribution in [0.3, 0.4) is 0 Å². The summed E-state index contributed by atoms with van der Waals surface area (Å²) in [5, 5.41) is 3.31. The van der Waals surface area contributed by atoms with E-state index in [-0.39, 0.29) is 5.78 Å². The highest BCUT2D eigenvalue weighted by Crippen LogP contribution is 2.19. The minimum atomic E-state index is 0.0799. The maximum atomic E-state index is 11.9. The van der Waals surface area contributed by atoms with Crippen LogP contribution in [0.5, 0.6) is 0 Å². The van der Waals surface area contributed by atoms with Crippen molar-refractivity contribution in [1.29, 1.82) is 0 Å². The summed E-state index contributed by atoms with van der Waals surface area (Å²) in [7, 11) is 0. The molecule has 16 heavy (non-hydrogen) atoms. The lowest BCUT2D eigenvalue weighted by Gasteiger charge is -2.07. The van der Waals surface area contributed by atoms with Gasteiger partial charge in [0.05, 0.1) is 5.56 Å². The summed E-state index contributed by atoms with van der Waals surface area (Å²) < 4.78 is 0. The molecule has 4 heteroatoms. The standard InChI is InChI=1S/C12H17N3O/c1-8-4-6-15-12(13)11(8)10(16)5-7-14-9-2-3-9/h4,6,9,14H,2-3,5,7H2,1H3,(H2,13,15). The molecular weight excluding hydrogens is 202 g/mol. The van der Waals surface area contributed by atoms with E-state index in [1.54, 1.807) is 6.20 Å². The molecule has 2 rings (SSSR count). The van der Waals surface area contributed by atoms with Crippen LogP contribution in [0.4, 0.5) is 5.82 Å². The van der Waals surface area contributed by atoms with Crippen LogP contribution in [0.2, 0.25) is 0 Å². The SMILES string of the molecule is Cc1ccnc(N)c1C(=O)CCNC1CC1. The number of ketones is 1. The molecule has 3 N–H and O–H groups in total. The number of pyridine rings is 1. The second-order valence-corrected chi connectivity index (χ2v) is 4.29. The molecule has 0 aromatic carbocycles. The van der Waals surface area contributed by atoms with Crippen molar-refractivity contribution >= 4 is 11.6 Å². The second-order valence-electron chi connectivity index (χ2n) is 4.29. The van der Waals surface area contributed by atoms with Gasteiger partial charge in [0.15, 0.2) is 5.78 Å². The Labute approximate surface area is 95.3 Å². The van der Waals surface area contributed by atoms with E-state index in [4.69, 9.17) is 5.73 Å². The quantitative estimate of drug-likeness (QED) is 0.732. The topological polar surface area (TPSA) is 68.0 Å². The number of rotatable bonds is 5. The monoisotopic (exact) mass is 219 g/mol. The largest absolute Gasteiger partial charge is 0.383 e. The zero-order valence-electron chi connectivity index (χ0n) is 9.49. The van der Waals surface area contributed by atoms with E-state index in [1.807, 2.05) is 13.0 Å². The van der Waals surface area contributed by atoms with Crippen molar-refractivity contribution in [3.8, 4) is 0 Å². The third-order valence-corrected chi connectivity index (χ3v) is 2.83. The third kappa shape index (κ3) is 2.58. The van der Waals surface area contributed by atoms with E-state index >= 15 is 0 Å². The number of Topliss-reactive ketones (excluding diaryl/α,β-unsaturated/α-hetero) is 1. The average molecular weight is 219 g/mol. The zero-order chi connectivity index (χ0) is 11.5. The predicted molar refractivity (Wildman–Crippen MR) is 63.4 cm³/mol. The lowest BCUT2D eigenvalue weighted by atomic mass is 10.0. The lowest BCUT2D eigenvalue weighted by Crippen LogP contribution is -2.21. The summed E-state index contributed by atoms with van der Waals surface area (Å²) in [6.07, 6.45) is 4.60. The average Bonchev–Trinajstić information content (AvgIpc) is 3.01. The van der Waals surface area contributed by atoms with Gasteiger partial charge < -0.3 is 11.1 Å². The van der Waals surface area contributed by atoms with E-state index in [9.17, 15) is 4.79 Å². The van der Waals surface area contributed by atoms with E-state index < -0.39 is 0 Å². The Hall–Kier alpha value is -1.42. The van der Waals surface area contributed by atoms with Crippen molar-refractivity contribution in [3.63, 3.8) is 0 Å². The predicted octanol–water partition coefficient (Wildman–Crippen LogP) is 1.30. The number of nitrogen functional groups attached to an aromatic ring is 1.